The maximum atomic E-state index is 12.4. The molecule has 0 aromatic heterocycles. The second-order valence-corrected chi connectivity index (χ2v) is 6.43. The van der Waals surface area contributed by atoms with Gasteiger partial charge in [0, 0.05) is 12.1 Å². The van der Waals surface area contributed by atoms with Crippen molar-refractivity contribution >= 4 is 34.7 Å². The van der Waals surface area contributed by atoms with Gasteiger partial charge in [-0.25, -0.2) is 0 Å². The molecule has 0 saturated carbocycles. The highest BCUT2D eigenvalue weighted by atomic mass is 32.2. The van der Waals surface area contributed by atoms with Crippen molar-refractivity contribution in [2.75, 3.05) is 0 Å². The lowest BCUT2D eigenvalue weighted by atomic mass is 10.1. The zero-order valence-corrected chi connectivity index (χ0v) is 14.0. The molecule has 8 nitrogen and oxygen atoms in total. The number of phenols is 2. The van der Waals surface area contributed by atoms with Crippen LogP contribution in [0.15, 0.2) is 47.4 Å². The van der Waals surface area contributed by atoms with E-state index in [0.29, 0.717) is 11.1 Å². The zero-order valence-electron chi connectivity index (χ0n) is 13.2. The number of thioether (sulfide) groups is 1. The SMILES string of the molecule is O=C1S/C(=C\c2ccc(O)c(O)c2)C(=O)N1Cc1ccc([N+](=O)[O-])cc1. The average molecular weight is 372 g/mol. The van der Waals surface area contributed by atoms with E-state index in [0.717, 1.165) is 16.7 Å². The molecule has 1 aliphatic heterocycles. The first-order chi connectivity index (χ1) is 12.3. The van der Waals surface area contributed by atoms with Gasteiger partial charge in [-0.1, -0.05) is 18.2 Å². The van der Waals surface area contributed by atoms with Gasteiger partial charge in [0.25, 0.3) is 16.8 Å². The fourth-order valence-electron chi connectivity index (χ4n) is 2.32. The molecule has 1 aliphatic rings. The number of benzene rings is 2. The van der Waals surface area contributed by atoms with Gasteiger partial charge in [-0.3, -0.25) is 24.6 Å². The lowest BCUT2D eigenvalue weighted by Crippen LogP contribution is -2.27. The predicted octanol–water partition coefficient (Wildman–Crippen LogP) is 3.24. The van der Waals surface area contributed by atoms with E-state index in [9.17, 15) is 29.9 Å². The van der Waals surface area contributed by atoms with Crippen LogP contribution >= 0.6 is 11.8 Å². The zero-order chi connectivity index (χ0) is 18.8. The van der Waals surface area contributed by atoms with Gasteiger partial charge >= 0.3 is 0 Å². The number of non-ortho nitro benzene ring substituents is 1. The van der Waals surface area contributed by atoms with E-state index >= 15 is 0 Å². The van der Waals surface area contributed by atoms with E-state index in [1.807, 2.05) is 0 Å². The van der Waals surface area contributed by atoms with E-state index in [4.69, 9.17) is 0 Å². The van der Waals surface area contributed by atoms with E-state index in [-0.39, 0.29) is 28.6 Å². The smallest absolute Gasteiger partial charge is 0.293 e. The van der Waals surface area contributed by atoms with Crippen molar-refractivity contribution in [2.24, 2.45) is 0 Å². The van der Waals surface area contributed by atoms with Crippen molar-refractivity contribution in [1.82, 2.24) is 4.90 Å². The number of amides is 2. The van der Waals surface area contributed by atoms with Crippen LogP contribution in [0.1, 0.15) is 11.1 Å². The topological polar surface area (TPSA) is 121 Å². The van der Waals surface area contributed by atoms with E-state index < -0.39 is 16.1 Å². The number of phenolic OH excluding ortho intramolecular Hbond substituents is 2. The second-order valence-electron chi connectivity index (χ2n) is 5.44. The van der Waals surface area contributed by atoms with Crippen LogP contribution in [0.2, 0.25) is 0 Å². The molecule has 1 saturated heterocycles. The molecule has 0 aliphatic carbocycles. The molecule has 2 aromatic carbocycles. The maximum Gasteiger partial charge on any atom is 0.293 e. The van der Waals surface area contributed by atoms with Crippen LogP contribution in [0.25, 0.3) is 6.08 Å². The van der Waals surface area contributed by atoms with Gasteiger partial charge in [0.1, 0.15) is 0 Å². The summed E-state index contributed by atoms with van der Waals surface area (Å²) in [6.45, 7) is 0.000822. The lowest BCUT2D eigenvalue weighted by Gasteiger charge is -2.12. The Morgan fingerprint density at radius 1 is 1.08 bits per heavy atom. The Balaban J connectivity index is 1.79. The van der Waals surface area contributed by atoms with E-state index in [1.54, 1.807) is 0 Å². The molecule has 9 heteroatoms. The molecular formula is C17H12N2O6S. The number of nitro benzene ring substituents is 1. The molecule has 1 fully saturated rings. The molecule has 1 heterocycles. The van der Waals surface area contributed by atoms with Gasteiger partial charge in [-0.2, -0.15) is 0 Å². The molecule has 2 amide bonds. The largest absolute Gasteiger partial charge is 0.504 e. The summed E-state index contributed by atoms with van der Waals surface area (Å²) >= 11 is 0.760. The minimum atomic E-state index is -0.528. The number of carbonyl (C=O) groups is 2. The highest BCUT2D eigenvalue weighted by Gasteiger charge is 2.35. The molecule has 26 heavy (non-hydrogen) atoms. The lowest BCUT2D eigenvalue weighted by molar-refractivity contribution is -0.384. The predicted molar refractivity (Wildman–Crippen MR) is 94.4 cm³/mol. The number of carbonyl (C=O) groups excluding carboxylic acids is 2. The molecule has 2 N–H and O–H groups in total. The first-order valence-electron chi connectivity index (χ1n) is 7.36. The van der Waals surface area contributed by atoms with Gasteiger partial charge in [-0.15, -0.1) is 0 Å². The highest BCUT2D eigenvalue weighted by Crippen LogP contribution is 2.34. The third kappa shape index (κ3) is 3.52. The summed E-state index contributed by atoms with van der Waals surface area (Å²) < 4.78 is 0. The Morgan fingerprint density at radius 2 is 1.77 bits per heavy atom. The van der Waals surface area contributed by atoms with Crippen molar-refractivity contribution in [3.63, 3.8) is 0 Å². The van der Waals surface area contributed by atoms with Gasteiger partial charge < -0.3 is 10.2 Å². The number of hydrogen-bond donors (Lipinski definition) is 2. The quantitative estimate of drug-likeness (QED) is 0.366. The van der Waals surface area contributed by atoms with Crippen LogP contribution < -0.4 is 0 Å². The third-order valence-corrected chi connectivity index (χ3v) is 4.57. The first-order valence-corrected chi connectivity index (χ1v) is 8.17. The van der Waals surface area contributed by atoms with Gasteiger partial charge in [0.05, 0.1) is 16.4 Å². The maximum absolute atomic E-state index is 12.4. The van der Waals surface area contributed by atoms with Crippen LogP contribution in [0.4, 0.5) is 10.5 Å². The van der Waals surface area contributed by atoms with Crippen LogP contribution in [0, 0.1) is 10.1 Å². The summed E-state index contributed by atoms with van der Waals surface area (Å²) in [7, 11) is 0. The second kappa shape index (κ2) is 6.89. The van der Waals surface area contributed by atoms with Crippen LogP contribution in [0.5, 0.6) is 11.5 Å². The van der Waals surface area contributed by atoms with Crippen molar-refractivity contribution in [3.05, 3.63) is 68.6 Å². The summed E-state index contributed by atoms with van der Waals surface area (Å²) in [5.41, 5.74) is 0.970. The van der Waals surface area contributed by atoms with Gasteiger partial charge in [0.2, 0.25) is 0 Å². The normalized spacial score (nSPS) is 15.7. The number of nitrogens with zero attached hydrogens (tertiary/aromatic N) is 2. The molecule has 132 valence electrons. The fraction of sp³-hybridized carbons (Fsp3) is 0.0588. The van der Waals surface area contributed by atoms with Crippen molar-refractivity contribution in [3.8, 4) is 11.5 Å². The number of nitro groups is 1. The fourth-order valence-corrected chi connectivity index (χ4v) is 3.16. The Labute approximate surface area is 151 Å². The number of imide groups is 1. The summed E-state index contributed by atoms with van der Waals surface area (Å²) in [5, 5.41) is 29.0. The molecule has 0 radical (unpaired) electrons. The number of hydrogen-bond acceptors (Lipinski definition) is 7. The number of rotatable bonds is 4. The minimum Gasteiger partial charge on any atom is -0.504 e. The summed E-state index contributed by atoms with van der Waals surface area (Å²) in [5.74, 6) is -1.11. The third-order valence-electron chi connectivity index (χ3n) is 3.66. The summed E-state index contributed by atoms with van der Waals surface area (Å²) in [6, 6.07) is 9.65. The van der Waals surface area contributed by atoms with Gasteiger partial charge in [0.15, 0.2) is 11.5 Å². The first kappa shape index (κ1) is 17.5. The number of aromatic hydroxyl groups is 2. The molecule has 2 aromatic rings. The molecule has 3 rings (SSSR count). The van der Waals surface area contributed by atoms with E-state index in [2.05, 4.69) is 0 Å². The van der Waals surface area contributed by atoms with Crippen LogP contribution in [0.3, 0.4) is 0 Å². The Hall–Kier alpha value is -3.33. The van der Waals surface area contributed by atoms with Gasteiger partial charge in [-0.05, 0) is 41.1 Å². The molecule has 0 unspecified atom stereocenters. The molecule has 0 atom stereocenters. The van der Waals surface area contributed by atoms with Crippen molar-refractivity contribution in [2.45, 2.75) is 6.54 Å². The standard InChI is InChI=1S/C17H12N2O6S/c20-13-6-3-11(7-14(13)21)8-15-16(22)18(17(23)26-15)9-10-1-4-12(5-2-10)19(24)25/h1-8,20-21H,9H2/b15-8-. The molecule has 0 spiro atoms. The Bertz CT molecular complexity index is 939. The highest BCUT2D eigenvalue weighted by molar-refractivity contribution is 8.18. The molecule has 0 bridgehead atoms. The average Bonchev–Trinajstić information content (AvgIpc) is 2.86. The van der Waals surface area contributed by atoms with E-state index in [1.165, 1.54) is 48.5 Å². The van der Waals surface area contributed by atoms with Crippen molar-refractivity contribution < 1.29 is 24.7 Å². The summed E-state index contributed by atoms with van der Waals surface area (Å²) in [4.78, 5) is 35.9. The van der Waals surface area contributed by atoms with Crippen LogP contribution in [-0.2, 0) is 11.3 Å². The van der Waals surface area contributed by atoms with Crippen molar-refractivity contribution in [1.29, 1.82) is 0 Å². The Morgan fingerprint density at radius 3 is 2.38 bits per heavy atom. The Kier molecular flexibility index (Phi) is 4.63. The monoisotopic (exact) mass is 372 g/mol. The molecular weight excluding hydrogens is 360 g/mol. The summed E-state index contributed by atoms with van der Waals surface area (Å²) in [6.07, 6.45) is 1.44. The minimum absolute atomic E-state index is 0.000822. The van der Waals surface area contributed by atoms with Crippen LogP contribution in [-0.4, -0.2) is 31.2 Å².